The molecule has 2 aromatic rings. The summed E-state index contributed by atoms with van der Waals surface area (Å²) in [7, 11) is 1.65. The molecule has 0 radical (unpaired) electrons. The molecule has 0 spiro atoms. The minimum atomic E-state index is 0.0429. The molecule has 0 fully saturated rings. The van der Waals surface area contributed by atoms with E-state index in [1.807, 2.05) is 31.2 Å². The van der Waals surface area contributed by atoms with Crippen molar-refractivity contribution in [3.63, 3.8) is 0 Å². The highest BCUT2D eigenvalue weighted by Crippen LogP contribution is 2.31. The maximum absolute atomic E-state index is 6.15. The number of hydrogen-bond acceptors (Lipinski definition) is 2. The second kappa shape index (κ2) is 7.41. The van der Waals surface area contributed by atoms with Crippen molar-refractivity contribution in [2.45, 2.75) is 33.1 Å². The highest BCUT2D eigenvalue weighted by Gasteiger charge is 2.16. The third-order valence-electron chi connectivity index (χ3n) is 3.83. The average molecular weight is 363 g/mol. The average Bonchev–Trinajstić information content (AvgIpc) is 2.51. The fourth-order valence-electron chi connectivity index (χ4n) is 2.29. The summed E-state index contributed by atoms with van der Waals surface area (Å²) in [4.78, 5) is 0. The molecule has 0 bridgehead atoms. The van der Waals surface area contributed by atoms with Crippen molar-refractivity contribution in [2.75, 3.05) is 17.7 Å². The van der Waals surface area contributed by atoms with Gasteiger partial charge in [0.1, 0.15) is 5.75 Å². The zero-order valence-corrected chi connectivity index (χ0v) is 16.2. The molecule has 0 saturated heterocycles. The van der Waals surface area contributed by atoms with Gasteiger partial charge in [0.2, 0.25) is 0 Å². The zero-order valence-electron chi connectivity index (χ0n) is 14.7. The number of methoxy groups -OCH3 is 1. The predicted octanol–water partition coefficient (Wildman–Crippen LogP) is 5.76. The topological polar surface area (TPSA) is 33.3 Å². The summed E-state index contributed by atoms with van der Waals surface area (Å²) >= 11 is 11.6. The van der Waals surface area contributed by atoms with Crippen LogP contribution >= 0.6 is 23.8 Å². The van der Waals surface area contributed by atoms with Crippen molar-refractivity contribution in [2.24, 2.45) is 0 Å². The van der Waals surface area contributed by atoms with Crippen molar-refractivity contribution >= 4 is 40.3 Å². The van der Waals surface area contributed by atoms with Crippen LogP contribution in [0.25, 0.3) is 0 Å². The van der Waals surface area contributed by atoms with Crippen LogP contribution in [-0.4, -0.2) is 12.2 Å². The third kappa shape index (κ3) is 4.40. The predicted molar refractivity (Wildman–Crippen MR) is 108 cm³/mol. The van der Waals surface area contributed by atoms with Gasteiger partial charge in [-0.2, -0.15) is 0 Å². The van der Waals surface area contributed by atoms with Crippen LogP contribution in [-0.2, 0) is 5.41 Å². The summed E-state index contributed by atoms with van der Waals surface area (Å²) in [6.45, 7) is 8.47. The van der Waals surface area contributed by atoms with E-state index >= 15 is 0 Å². The van der Waals surface area contributed by atoms with Gasteiger partial charge in [0.15, 0.2) is 5.11 Å². The first-order valence-electron chi connectivity index (χ1n) is 7.74. The second-order valence-electron chi connectivity index (χ2n) is 6.66. The first kappa shape index (κ1) is 18.6. The Hall–Kier alpha value is -1.78. The van der Waals surface area contributed by atoms with Crippen molar-refractivity contribution in [3.8, 4) is 5.75 Å². The number of hydrogen-bond donors (Lipinski definition) is 2. The largest absolute Gasteiger partial charge is 0.495 e. The first-order valence-corrected chi connectivity index (χ1v) is 8.52. The molecule has 2 rings (SSSR count). The molecule has 0 aliphatic heterocycles. The van der Waals surface area contributed by atoms with Crippen LogP contribution in [0, 0.1) is 6.92 Å². The minimum Gasteiger partial charge on any atom is -0.495 e. The molecule has 0 atom stereocenters. The lowest BCUT2D eigenvalue weighted by atomic mass is 9.87. The van der Waals surface area contributed by atoms with E-state index in [1.165, 1.54) is 5.56 Å². The molecule has 0 aromatic heterocycles. The molecule has 128 valence electrons. The molecule has 0 saturated carbocycles. The Labute approximate surface area is 154 Å². The molecule has 2 aromatic carbocycles. The summed E-state index contributed by atoms with van der Waals surface area (Å²) in [5.41, 5.74) is 3.92. The number of halogens is 1. The number of nitrogens with one attached hydrogen (secondary N) is 2. The van der Waals surface area contributed by atoms with E-state index in [1.54, 1.807) is 7.11 Å². The summed E-state index contributed by atoms with van der Waals surface area (Å²) in [6.07, 6.45) is 0. The van der Waals surface area contributed by atoms with Gasteiger partial charge in [0, 0.05) is 10.7 Å². The number of benzene rings is 2. The van der Waals surface area contributed by atoms with Crippen LogP contribution in [0.3, 0.4) is 0 Å². The second-order valence-corrected chi connectivity index (χ2v) is 7.47. The van der Waals surface area contributed by atoms with E-state index in [9.17, 15) is 0 Å². The standard InChI is InChI=1S/C19H23ClN2OS/c1-12-14(20)7-6-8-15(12)21-18(24)22-16-11-13(19(2,3)4)9-10-17(16)23-5/h6-11H,1-5H3,(H2,21,22,24). The number of ether oxygens (including phenoxy) is 1. The Kier molecular flexibility index (Phi) is 5.73. The van der Waals surface area contributed by atoms with E-state index in [0.29, 0.717) is 10.1 Å². The normalized spacial score (nSPS) is 11.1. The Bertz CT molecular complexity index is 754. The molecule has 2 N–H and O–H groups in total. The Morgan fingerprint density at radius 2 is 1.75 bits per heavy atom. The molecule has 5 heteroatoms. The van der Waals surface area contributed by atoms with Gasteiger partial charge in [0.05, 0.1) is 12.8 Å². The summed E-state index contributed by atoms with van der Waals surface area (Å²) < 4.78 is 5.44. The first-order chi connectivity index (χ1) is 11.2. The summed E-state index contributed by atoms with van der Waals surface area (Å²) in [5, 5.41) is 7.61. The van der Waals surface area contributed by atoms with Crippen LogP contribution in [0.1, 0.15) is 31.9 Å². The molecule has 0 aliphatic rings. The van der Waals surface area contributed by atoms with Crippen LogP contribution in [0.5, 0.6) is 5.75 Å². The lowest BCUT2D eigenvalue weighted by molar-refractivity contribution is 0.416. The van der Waals surface area contributed by atoms with E-state index in [0.717, 1.165) is 22.7 Å². The molecule has 3 nitrogen and oxygen atoms in total. The Morgan fingerprint density at radius 3 is 2.38 bits per heavy atom. The Balaban J connectivity index is 2.23. The van der Waals surface area contributed by atoms with Crippen LogP contribution in [0.2, 0.25) is 5.02 Å². The van der Waals surface area contributed by atoms with Crippen molar-refractivity contribution in [1.82, 2.24) is 0 Å². The van der Waals surface area contributed by atoms with Gasteiger partial charge in [-0.3, -0.25) is 0 Å². The molecular formula is C19H23ClN2OS. The number of anilines is 2. The molecule has 24 heavy (non-hydrogen) atoms. The summed E-state index contributed by atoms with van der Waals surface area (Å²) in [5.74, 6) is 0.745. The van der Waals surface area contributed by atoms with Gasteiger partial charge in [0.25, 0.3) is 0 Å². The van der Waals surface area contributed by atoms with Gasteiger partial charge in [-0.1, -0.05) is 44.5 Å². The number of rotatable bonds is 3. The highest BCUT2D eigenvalue weighted by molar-refractivity contribution is 7.80. The van der Waals surface area contributed by atoms with Crippen molar-refractivity contribution in [3.05, 3.63) is 52.5 Å². The Morgan fingerprint density at radius 1 is 1.08 bits per heavy atom. The molecule has 0 amide bonds. The fraction of sp³-hybridized carbons (Fsp3) is 0.316. The number of thiocarbonyl (C=S) groups is 1. The maximum atomic E-state index is 6.15. The van der Waals surface area contributed by atoms with E-state index in [2.05, 4.69) is 43.5 Å². The molecule has 0 aliphatic carbocycles. The van der Waals surface area contributed by atoms with Crippen LogP contribution in [0.4, 0.5) is 11.4 Å². The molecule has 0 heterocycles. The van der Waals surface area contributed by atoms with Gasteiger partial charge < -0.3 is 15.4 Å². The monoisotopic (exact) mass is 362 g/mol. The SMILES string of the molecule is COc1ccc(C(C)(C)C)cc1NC(=S)Nc1cccc(Cl)c1C. The third-order valence-corrected chi connectivity index (χ3v) is 4.44. The lowest BCUT2D eigenvalue weighted by Gasteiger charge is -2.22. The van der Waals surface area contributed by atoms with Gasteiger partial charge in [-0.15, -0.1) is 0 Å². The quantitative estimate of drug-likeness (QED) is 0.680. The minimum absolute atomic E-state index is 0.0429. The lowest BCUT2D eigenvalue weighted by Crippen LogP contribution is -2.21. The van der Waals surface area contributed by atoms with Crippen LogP contribution < -0.4 is 15.4 Å². The maximum Gasteiger partial charge on any atom is 0.175 e. The smallest absolute Gasteiger partial charge is 0.175 e. The van der Waals surface area contributed by atoms with E-state index in [-0.39, 0.29) is 5.41 Å². The highest BCUT2D eigenvalue weighted by atomic mass is 35.5. The van der Waals surface area contributed by atoms with E-state index < -0.39 is 0 Å². The van der Waals surface area contributed by atoms with Gasteiger partial charge in [-0.05, 0) is 59.9 Å². The molecule has 0 unspecified atom stereocenters. The zero-order chi connectivity index (χ0) is 17.9. The molecular weight excluding hydrogens is 340 g/mol. The van der Waals surface area contributed by atoms with E-state index in [4.69, 9.17) is 28.6 Å². The van der Waals surface area contributed by atoms with Gasteiger partial charge in [-0.25, -0.2) is 0 Å². The van der Waals surface area contributed by atoms with Crippen molar-refractivity contribution < 1.29 is 4.74 Å². The van der Waals surface area contributed by atoms with Gasteiger partial charge >= 0.3 is 0 Å². The summed E-state index contributed by atoms with van der Waals surface area (Å²) in [6, 6.07) is 11.8. The van der Waals surface area contributed by atoms with Crippen LogP contribution in [0.15, 0.2) is 36.4 Å². The fourth-order valence-corrected chi connectivity index (χ4v) is 2.69. The van der Waals surface area contributed by atoms with Crippen molar-refractivity contribution in [1.29, 1.82) is 0 Å².